The van der Waals surface area contributed by atoms with Crippen LogP contribution < -0.4 is 10.2 Å². The van der Waals surface area contributed by atoms with Crippen LogP contribution in [0.3, 0.4) is 0 Å². The van der Waals surface area contributed by atoms with Crippen LogP contribution in [0.15, 0.2) is 24.3 Å². The Balaban J connectivity index is 2.05. The van der Waals surface area contributed by atoms with Crippen LogP contribution in [-0.2, 0) is 0 Å². The third-order valence-electron chi connectivity index (χ3n) is 3.83. The quantitative estimate of drug-likeness (QED) is 0.749. The van der Waals surface area contributed by atoms with Gasteiger partial charge in [0.1, 0.15) is 0 Å². The van der Waals surface area contributed by atoms with Gasteiger partial charge in [0.05, 0.1) is 0 Å². The van der Waals surface area contributed by atoms with Crippen molar-refractivity contribution in [3.8, 4) is 0 Å². The lowest BCUT2D eigenvalue weighted by atomic mass is 9.90. The predicted octanol–water partition coefficient (Wildman–Crippen LogP) is 1.97. The minimum absolute atomic E-state index is 0.717. The van der Waals surface area contributed by atoms with E-state index in [9.17, 15) is 0 Å². The van der Waals surface area contributed by atoms with Crippen molar-refractivity contribution in [1.29, 1.82) is 0 Å². The predicted molar refractivity (Wildman–Crippen MR) is 63.5 cm³/mol. The highest BCUT2D eigenvalue weighted by Crippen LogP contribution is 2.42. The van der Waals surface area contributed by atoms with E-state index in [0.717, 1.165) is 25.0 Å². The second-order valence-corrected chi connectivity index (χ2v) is 4.51. The maximum atomic E-state index is 3.52. The first-order chi connectivity index (χ1) is 7.42. The van der Waals surface area contributed by atoms with Gasteiger partial charge in [-0.2, -0.15) is 0 Å². The molecule has 0 spiro atoms. The molecule has 1 saturated heterocycles. The Labute approximate surface area is 91.3 Å². The molecule has 0 bridgehead atoms. The molecule has 2 atom stereocenters. The summed E-state index contributed by atoms with van der Waals surface area (Å²) in [7, 11) is 0. The molecule has 2 heteroatoms. The van der Waals surface area contributed by atoms with E-state index in [1.807, 2.05) is 0 Å². The van der Waals surface area contributed by atoms with Gasteiger partial charge in [-0.1, -0.05) is 18.2 Å². The van der Waals surface area contributed by atoms with Crippen molar-refractivity contribution < 1.29 is 0 Å². The lowest BCUT2D eigenvalue weighted by molar-refractivity contribution is 0.406. The maximum absolute atomic E-state index is 3.52. The van der Waals surface area contributed by atoms with Crippen LogP contribution in [0.4, 0.5) is 5.69 Å². The third kappa shape index (κ3) is 1.28. The van der Waals surface area contributed by atoms with E-state index in [1.54, 1.807) is 5.56 Å². The molecular formula is C13H18N2. The Morgan fingerprint density at radius 3 is 3.13 bits per heavy atom. The number of para-hydroxylation sites is 1. The van der Waals surface area contributed by atoms with Crippen LogP contribution >= 0.6 is 0 Å². The van der Waals surface area contributed by atoms with E-state index in [4.69, 9.17) is 0 Å². The standard InChI is InChI=1S/C13H18N2/c1-2-15-12-6-4-3-5-10(12)11-9-14-8-7-13(11)15/h3-6,11,13-14H,2,7-9H2,1H3/t11-,13+/m1/s1. The molecule has 0 aromatic heterocycles. The molecule has 1 aromatic rings. The minimum atomic E-state index is 0.717. The highest BCUT2D eigenvalue weighted by molar-refractivity contribution is 5.62. The fourth-order valence-electron chi connectivity index (χ4n) is 3.18. The molecular weight excluding hydrogens is 184 g/mol. The molecule has 1 fully saturated rings. The van der Waals surface area contributed by atoms with Gasteiger partial charge in [-0.3, -0.25) is 0 Å². The molecule has 2 heterocycles. The smallest absolute Gasteiger partial charge is 0.0405 e. The van der Waals surface area contributed by atoms with Crippen LogP contribution in [0.5, 0.6) is 0 Å². The lowest BCUT2D eigenvalue weighted by Gasteiger charge is -2.33. The van der Waals surface area contributed by atoms with Gasteiger partial charge in [0.15, 0.2) is 0 Å². The fraction of sp³-hybridized carbons (Fsp3) is 0.538. The molecule has 0 saturated carbocycles. The average molecular weight is 202 g/mol. The summed E-state index contributed by atoms with van der Waals surface area (Å²) in [6, 6.07) is 9.65. The highest BCUT2D eigenvalue weighted by Gasteiger charge is 2.38. The number of piperidine rings is 1. The summed E-state index contributed by atoms with van der Waals surface area (Å²) in [6.07, 6.45) is 1.28. The molecule has 3 rings (SSSR count). The van der Waals surface area contributed by atoms with Crippen molar-refractivity contribution in [3.63, 3.8) is 0 Å². The van der Waals surface area contributed by atoms with Crippen LogP contribution in [0.1, 0.15) is 24.8 Å². The highest BCUT2D eigenvalue weighted by atomic mass is 15.2. The zero-order valence-electron chi connectivity index (χ0n) is 9.24. The van der Waals surface area contributed by atoms with E-state index < -0.39 is 0 Å². The van der Waals surface area contributed by atoms with Crippen LogP contribution in [0, 0.1) is 0 Å². The second kappa shape index (κ2) is 3.53. The number of likely N-dealkylation sites (N-methyl/N-ethyl adjacent to an activating group) is 1. The van der Waals surface area contributed by atoms with E-state index >= 15 is 0 Å². The van der Waals surface area contributed by atoms with Crippen LogP contribution in [0.25, 0.3) is 0 Å². The Bertz CT molecular complexity index is 336. The van der Waals surface area contributed by atoms with Crippen molar-refractivity contribution in [2.45, 2.75) is 25.3 Å². The summed E-state index contributed by atoms with van der Waals surface area (Å²) < 4.78 is 0. The van der Waals surface area contributed by atoms with Gasteiger partial charge in [0.25, 0.3) is 0 Å². The topological polar surface area (TPSA) is 15.3 Å². The lowest BCUT2D eigenvalue weighted by Crippen LogP contribution is -2.44. The van der Waals surface area contributed by atoms with Crippen molar-refractivity contribution in [3.05, 3.63) is 29.8 Å². The van der Waals surface area contributed by atoms with Gasteiger partial charge in [0.2, 0.25) is 0 Å². The Hall–Kier alpha value is -1.02. The molecule has 80 valence electrons. The monoisotopic (exact) mass is 202 g/mol. The van der Waals surface area contributed by atoms with Gasteiger partial charge in [0, 0.05) is 30.7 Å². The van der Waals surface area contributed by atoms with Gasteiger partial charge in [-0.25, -0.2) is 0 Å². The van der Waals surface area contributed by atoms with Crippen molar-refractivity contribution in [1.82, 2.24) is 5.32 Å². The molecule has 2 aliphatic rings. The number of fused-ring (bicyclic) bond motifs is 3. The molecule has 1 N–H and O–H groups in total. The molecule has 1 aromatic carbocycles. The summed E-state index contributed by atoms with van der Waals surface area (Å²) in [5.74, 6) is 0.717. The van der Waals surface area contributed by atoms with Crippen molar-refractivity contribution in [2.75, 3.05) is 24.5 Å². The first kappa shape index (κ1) is 9.22. The molecule has 0 aliphatic carbocycles. The van der Waals surface area contributed by atoms with E-state index in [0.29, 0.717) is 0 Å². The summed E-state index contributed by atoms with van der Waals surface area (Å²) in [4.78, 5) is 2.58. The SMILES string of the molecule is CCN1c2ccccc2[C@H]2CNCC[C@@H]21. The number of hydrogen-bond acceptors (Lipinski definition) is 2. The first-order valence-electron chi connectivity index (χ1n) is 5.98. The van der Waals surface area contributed by atoms with Gasteiger partial charge in [-0.15, -0.1) is 0 Å². The summed E-state index contributed by atoms with van der Waals surface area (Å²) in [6.45, 7) is 5.73. The Morgan fingerprint density at radius 2 is 2.27 bits per heavy atom. The molecule has 2 nitrogen and oxygen atoms in total. The Kier molecular flexibility index (Phi) is 2.17. The normalized spacial score (nSPS) is 28.7. The maximum Gasteiger partial charge on any atom is 0.0405 e. The van der Waals surface area contributed by atoms with Gasteiger partial charge in [-0.05, 0) is 31.5 Å². The zero-order chi connectivity index (χ0) is 10.3. The van der Waals surface area contributed by atoms with Crippen LogP contribution in [0.2, 0.25) is 0 Å². The van der Waals surface area contributed by atoms with E-state index in [1.165, 1.54) is 18.7 Å². The van der Waals surface area contributed by atoms with Gasteiger partial charge >= 0.3 is 0 Å². The van der Waals surface area contributed by atoms with Crippen molar-refractivity contribution >= 4 is 5.69 Å². The van der Waals surface area contributed by atoms with E-state index in [2.05, 4.69) is 41.4 Å². The molecule has 0 amide bonds. The molecule has 0 radical (unpaired) electrons. The number of nitrogens with zero attached hydrogens (tertiary/aromatic N) is 1. The van der Waals surface area contributed by atoms with Gasteiger partial charge < -0.3 is 10.2 Å². The second-order valence-electron chi connectivity index (χ2n) is 4.51. The fourth-order valence-corrected chi connectivity index (χ4v) is 3.18. The molecule has 15 heavy (non-hydrogen) atoms. The minimum Gasteiger partial charge on any atom is -0.368 e. The zero-order valence-corrected chi connectivity index (χ0v) is 9.24. The Morgan fingerprint density at radius 1 is 1.40 bits per heavy atom. The number of benzene rings is 1. The largest absolute Gasteiger partial charge is 0.368 e. The average Bonchev–Trinajstić information content (AvgIpc) is 2.63. The third-order valence-corrected chi connectivity index (χ3v) is 3.83. The first-order valence-corrected chi connectivity index (χ1v) is 5.98. The summed E-state index contributed by atoms with van der Waals surface area (Å²) >= 11 is 0. The molecule has 2 aliphatic heterocycles. The number of rotatable bonds is 1. The summed E-state index contributed by atoms with van der Waals surface area (Å²) in [5.41, 5.74) is 3.02. The number of nitrogens with one attached hydrogen (secondary N) is 1. The van der Waals surface area contributed by atoms with E-state index in [-0.39, 0.29) is 0 Å². The number of hydrogen-bond donors (Lipinski definition) is 1. The van der Waals surface area contributed by atoms with Crippen molar-refractivity contribution in [2.24, 2.45) is 0 Å². The van der Waals surface area contributed by atoms with Crippen LogP contribution in [-0.4, -0.2) is 25.7 Å². The molecule has 0 unspecified atom stereocenters. The summed E-state index contributed by atoms with van der Waals surface area (Å²) in [5, 5.41) is 3.52. The number of anilines is 1.